The molecule has 1 aliphatic rings. The lowest BCUT2D eigenvalue weighted by Crippen LogP contribution is -2.34. The first-order valence-electron chi connectivity index (χ1n) is 6.78. The van der Waals surface area contributed by atoms with Crippen LogP contribution < -0.4 is 5.32 Å². The molecule has 0 saturated carbocycles. The number of likely N-dealkylation sites (tertiary alicyclic amines) is 1. The van der Waals surface area contributed by atoms with Crippen LogP contribution in [0.2, 0.25) is 0 Å². The van der Waals surface area contributed by atoms with Crippen molar-refractivity contribution in [1.29, 1.82) is 0 Å². The van der Waals surface area contributed by atoms with E-state index in [9.17, 15) is 5.11 Å². The molecule has 1 aliphatic heterocycles. The summed E-state index contributed by atoms with van der Waals surface area (Å²) in [5, 5.41) is 13.8. The van der Waals surface area contributed by atoms with E-state index in [0.29, 0.717) is 12.0 Å². The largest absolute Gasteiger partial charge is 0.395 e. The molecule has 0 aromatic carbocycles. The van der Waals surface area contributed by atoms with Crippen molar-refractivity contribution in [2.24, 2.45) is 5.92 Å². The Morgan fingerprint density at radius 2 is 2.44 bits per heavy atom. The zero-order valence-corrected chi connectivity index (χ0v) is 12.0. The zero-order valence-electron chi connectivity index (χ0n) is 11.2. The second kappa shape index (κ2) is 6.50. The quantitative estimate of drug-likeness (QED) is 0.831. The summed E-state index contributed by atoms with van der Waals surface area (Å²) in [7, 11) is 0. The van der Waals surface area contributed by atoms with Crippen LogP contribution in [0.15, 0.2) is 6.20 Å². The minimum atomic E-state index is 0.265. The van der Waals surface area contributed by atoms with E-state index in [4.69, 9.17) is 0 Å². The average molecular weight is 269 g/mol. The molecule has 5 heteroatoms. The topological polar surface area (TPSA) is 48.4 Å². The van der Waals surface area contributed by atoms with Crippen LogP contribution in [0.5, 0.6) is 0 Å². The van der Waals surface area contributed by atoms with Gasteiger partial charge in [0.2, 0.25) is 0 Å². The highest BCUT2D eigenvalue weighted by Crippen LogP contribution is 2.27. The van der Waals surface area contributed by atoms with E-state index < -0.39 is 0 Å². The van der Waals surface area contributed by atoms with Crippen LogP contribution in [-0.2, 0) is 6.54 Å². The number of hydrogen-bond donors (Lipinski definition) is 2. The SMILES string of the molecule is CCCNc1ncc(CN2CCC(C)C2CO)s1. The van der Waals surface area contributed by atoms with Crippen molar-refractivity contribution in [3.8, 4) is 0 Å². The molecule has 1 fully saturated rings. The summed E-state index contributed by atoms with van der Waals surface area (Å²) >= 11 is 1.73. The molecule has 18 heavy (non-hydrogen) atoms. The molecule has 1 aromatic rings. The molecule has 0 radical (unpaired) electrons. The van der Waals surface area contributed by atoms with Gasteiger partial charge in [-0.15, -0.1) is 11.3 Å². The summed E-state index contributed by atoms with van der Waals surface area (Å²) in [4.78, 5) is 8.04. The lowest BCUT2D eigenvalue weighted by atomic mass is 10.0. The Morgan fingerprint density at radius 1 is 1.61 bits per heavy atom. The highest BCUT2D eigenvalue weighted by atomic mass is 32.1. The van der Waals surface area contributed by atoms with Gasteiger partial charge < -0.3 is 10.4 Å². The average Bonchev–Trinajstić information content (AvgIpc) is 2.95. The van der Waals surface area contributed by atoms with E-state index in [1.165, 1.54) is 11.3 Å². The highest BCUT2D eigenvalue weighted by molar-refractivity contribution is 7.15. The third kappa shape index (κ3) is 3.22. The Bertz CT molecular complexity index is 369. The molecular formula is C13H23N3OS. The fourth-order valence-corrected chi connectivity index (χ4v) is 3.34. The number of hydrogen-bond acceptors (Lipinski definition) is 5. The number of nitrogens with zero attached hydrogens (tertiary/aromatic N) is 2. The van der Waals surface area contributed by atoms with Crippen LogP contribution in [0, 0.1) is 5.92 Å². The maximum Gasteiger partial charge on any atom is 0.182 e. The summed E-state index contributed by atoms with van der Waals surface area (Å²) in [5.41, 5.74) is 0. The van der Waals surface area contributed by atoms with Gasteiger partial charge >= 0.3 is 0 Å². The molecule has 0 spiro atoms. The van der Waals surface area contributed by atoms with E-state index in [1.807, 2.05) is 6.20 Å². The van der Waals surface area contributed by atoms with Crippen LogP contribution >= 0.6 is 11.3 Å². The van der Waals surface area contributed by atoms with Gasteiger partial charge in [-0.3, -0.25) is 4.90 Å². The van der Waals surface area contributed by atoms with Gasteiger partial charge in [-0.25, -0.2) is 4.98 Å². The monoisotopic (exact) mass is 269 g/mol. The summed E-state index contributed by atoms with van der Waals surface area (Å²) in [6.45, 7) is 7.62. The number of aliphatic hydroxyl groups is 1. The Morgan fingerprint density at radius 3 is 3.17 bits per heavy atom. The first-order valence-corrected chi connectivity index (χ1v) is 7.59. The predicted octanol–water partition coefficient (Wildman–Crippen LogP) is 2.17. The fourth-order valence-electron chi connectivity index (χ4n) is 2.47. The van der Waals surface area contributed by atoms with Crippen molar-refractivity contribution in [3.05, 3.63) is 11.1 Å². The van der Waals surface area contributed by atoms with E-state index in [0.717, 1.165) is 31.2 Å². The van der Waals surface area contributed by atoms with Crippen LogP contribution in [0.1, 0.15) is 31.6 Å². The maximum atomic E-state index is 9.44. The molecule has 0 aliphatic carbocycles. The van der Waals surface area contributed by atoms with Crippen molar-refractivity contribution >= 4 is 16.5 Å². The standard InChI is InChI=1S/C13H23N3OS/c1-3-5-14-13-15-7-11(18-13)8-16-6-4-10(2)12(16)9-17/h7,10,12,17H,3-6,8-9H2,1-2H3,(H,14,15). The van der Waals surface area contributed by atoms with Crippen molar-refractivity contribution in [2.75, 3.05) is 25.0 Å². The first-order chi connectivity index (χ1) is 8.74. The molecular weight excluding hydrogens is 246 g/mol. The van der Waals surface area contributed by atoms with Crippen molar-refractivity contribution in [1.82, 2.24) is 9.88 Å². The Labute approximate surface area is 113 Å². The summed E-state index contributed by atoms with van der Waals surface area (Å²) < 4.78 is 0. The van der Waals surface area contributed by atoms with Gasteiger partial charge in [0.25, 0.3) is 0 Å². The van der Waals surface area contributed by atoms with Gasteiger partial charge in [0.15, 0.2) is 5.13 Å². The Balaban J connectivity index is 1.91. The summed E-state index contributed by atoms with van der Waals surface area (Å²) in [6.07, 6.45) is 4.26. The minimum Gasteiger partial charge on any atom is -0.395 e. The second-order valence-electron chi connectivity index (χ2n) is 5.04. The highest BCUT2D eigenvalue weighted by Gasteiger charge is 2.30. The Kier molecular flexibility index (Phi) is 4.97. The van der Waals surface area contributed by atoms with Gasteiger partial charge in [-0.2, -0.15) is 0 Å². The number of anilines is 1. The van der Waals surface area contributed by atoms with Gasteiger partial charge in [0.05, 0.1) is 6.61 Å². The molecule has 2 N–H and O–H groups in total. The molecule has 102 valence electrons. The van der Waals surface area contributed by atoms with E-state index in [1.54, 1.807) is 11.3 Å². The number of aromatic nitrogens is 1. The van der Waals surface area contributed by atoms with Crippen LogP contribution in [0.25, 0.3) is 0 Å². The molecule has 1 aromatic heterocycles. The predicted molar refractivity (Wildman–Crippen MR) is 76.0 cm³/mol. The lowest BCUT2D eigenvalue weighted by molar-refractivity contribution is 0.135. The van der Waals surface area contributed by atoms with Crippen molar-refractivity contribution in [3.63, 3.8) is 0 Å². The van der Waals surface area contributed by atoms with Gasteiger partial charge in [0.1, 0.15) is 0 Å². The molecule has 1 saturated heterocycles. The van der Waals surface area contributed by atoms with Crippen molar-refractivity contribution in [2.45, 2.75) is 39.3 Å². The first kappa shape index (κ1) is 13.8. The Hall–Kier alpha value is -0.650. The summed E-state index contributed by atoms with van der Waals surface area (Å²) in [6, 6.07) is 0.319. The molecule has 2 unspecified atom stereocenters. The lowest BCUT2D eigenvalue weighted by Gasteiger charge is -2.24. The molecule has 2 atom stereocenters. The van der Waals surface area contributed by atoms with Crippen molar-refractivity contribution < 1.29 is 5.11 Å². The van der Waals surface area contributed by atoms with Crippen LogP contribution in [0.3, 0.4) is 0 Å². The van der Waals surface area contributed by atoms with Crippen LogP contribution in [-0.4, -0.2) is 40.7 Å². The second-order valence-corrected chi connectivity index (χ2v) is 6.16. The zero-order chi connectivity index (χ0) is 13.0. The number of thiazole rings is 1. The molecule has 2 rings (SSSR count). The van der Waals surface area contributed by atoms with Gasteiger partial charge in [-0.05, 0) is 25.3 Å². The molecule has 0 amide bonds. The third-order valence-corrected chi connectivity index (χ3v) is 4.56. The van der Waals surface area contributed by atoms with Gasteiger partial charge in [0, 0.05) is 30.2 Å². The fraction of sp³-hybridized carbons (Fsp3) is 0.769. The number of nitrogens with one attached hydrogen (secondary N) is 1. The normalized spacial score (nSPS) is 24.6. The van der Waals surface area contributed by atoms with Gasteiger partial charge in [-0.1, -0.05) is 13.8 Å². The van der Waals surface area contributed by atoms with Crippen LogP contribution in [0.4, 0.5) is 5.13 Å². The van der Waals surface area contributed by atoms with E-state index >= 15 is 0 Å². The number of aliphatic hydroxyl groups excluding tert-OH is 1. The third-order valence-electron chi connectivity index (χ3n) is 3.62. The molecule has 0 bridgehead atoms. The van der Waals surface area contributed by atoms with E-state index in [2.05, 4.69) is 29.0 Å². The summed E-state index contributed by atoms with van der Waals surface area (Å²) in [5.74, 6) is 0.598. The molecule has 2 heterocycles. The van der Waals surface area contributed by atoms with E-state index in [-0.39, 0.29) is 6.61 Å². The number of rotatable bonds is 6. The minimum absolute atomic E-state index is 0.265. The smallest absolute Gasteiger partial charge is 0.182 e. The molecule has 4 nitrogen and oxygen atoms in total. The maximum absolute atomic E-state index is 9.44.